The maximum atomic E-state index is 10.6. The second kappa shape index (κ2) is 3.67. The van der Waals surface area contributed by atoms with Gasteiger partial charge >= 0.3 is 0 Å². The van der Waals surface area contributed by atoms with Crippen LogP contribution in [0.4, 0.5) is 0 Å². The highest BCUT2D eigenvalue weighted by molar-refractivity contribution is 7.13. The van der Waals surface area contributed by atoms with E-state index in [1.54, 1.807) is 11.3 Å². The van der Waals surface area contributed by atoms with E-state index >= 15 is 0 Å². The van der Waals surface area contributed by atoms with Gasteiger partial charge in [0.25, 0.3) is 0 Å². The normalized spacial score (nSPS) is 10.1. The fourth-order valence-electron chi connectivity index (χ4n) is 1.19. The molecule has 0 aliphatic heterocycles. The molecule has 0 amide bonds. The van der Waals surface area contributed by atoms with Crippen LogP contribution in [0, 0.1) is 6.92 Å². The third-order valence-corrected chi connectivity index (χ3v) is 2.64. The van der Waals surface area contributed by atoms with Crippen molar-refractivity contribution in [3.8, 4) is 10.6 Å². The van der Waals surface area contributed by atoms with Crippen LogP contribution >= 0.6 is 11.3 Å². The largest absolute Gasteiger partial charge is 0.294 e. The minimum Gasteiger partial charge on any atom is -0.294 e. The molecule has 0 N–H and O–H groups in total. The lowest BCUT2D eigenvalue weighted by Gasteiger charge is -1.99. The first-order valence-electron chi connectivity index (χ1n) is 4.14. The molecule has 0 aromatic carbocycles. The Morgan fingerprint density at radius 2 is 2.29 bits per heavy atom. The van der Waals surface area contributed by atoms with Gasteiger partial charge in [-0.3, -0.25) is 4.79 Å². The SMILES string of the molecule is Cc1cc(-c2cccs2)nc(C=O)n1. The van der Waals surface area contributed by atoms with Crippen LogP contribution < -0.4 is 0 Å². The van der Waals surface area contributed by atoms with Crippen molar-refractivity contribution in [2.45, 2.75) is 6.92 Å². The van der Waals surface area contributed by atoms with Crippen molar-refractivity contribution in [2.24, 2.45) is 0 Å². The predicted octanol–water partition coefficient (Wildman–Crippen LogP) is 2.33. The Morgan fingerprint density at radius 3 is 2.93 bits per heavy atom. The van der Waals surface area contributed by atoms with Crippen LogP contribution in [-0.4, -0.2) is 16.3 Å². The van der Waals surface area contributed by atoms with Gasteiger partial charge in [-0.15, -0.1) is 11.3 Å². The number of nitrogens with zero attached hydrogens (tertiary/aromatic N) is 2. The number of hydrogen-bond donors (Lipinski definition) is 0. The van der Waals surface area contributed by atoms with E-state index in [0.29, 0.717) is 6.29 Å². The number of aldehydes is 1. The average Bonchev–Trinajstić information content (AvgIpc) is 2.69. The Hall–Kier alpha value is -1.55. The molecule has 0 radical (unpaired) electrons. The lowest BCUT2D eigenvalue weighted by Crippen LogP contribution is -1.96. The minimum absolute atomic E-state index is 0.244. The van der Waals surface area contributed by atoms with Crippen molar-refractivity contribution >= 4 is 17.6 Å². The maximum absolute atomic E-state index is 10.6. The van der Waals surface area contributed by atoms with E-state index in [0.717, 1.165) is 16.3 Å². The van der Waals surface area contributed by atoms with Crippen molar-refractivity contribution in [3.05, 3.63) is 35.1 Å². The molecule has 0 unspecified atom stereocenters. The van der Waals surface area contributed by atoms with Gasteiger partial charge in [0.05, 0.1) is 10.6 Å². The molecule has 14 heavy (non-hydrogen) atoms. The molecule has 4 heteroatoms. The molecule has 0 atom stereocenters. The van der Waals surface area contributed by atoms with Crippen LogP contribution in [0.5, 0.6) is 0 Å². The van der Waals surface area contributed by atoms with Crippen molar-refractivity contribution in [1.29, 1.82) is 0 Å². The molecule has 0 saturated carbocycles. The first-order chi connectivity index (χ1) is 6.79. The summed E-state index contributed by atoms with van der Waals surface area (Å²) in [6, 6.07) is 5.80. The lowest BCUT2D eigenvalue weighted by molar-refractivity contribution is 0.111. The van der Waals surface area contributed by atoms with E-state index in [-0.39, 0.29) is 5.82 Å². The van der Waals surface area contributed by atoms with Crippen LogP contribution in [0.25, 0.3) is 10.6 Å². The zero-order chi connectivity index (χ0) is 9.97. The first kappa shape index (κ1) is 9.02. The lowest BCUT2D eigenvalue weighted by atomic mass is 10.3. The Balaban J connectivity index is 2.54. The van der Waals surface area contributed by atoms with E-state index in [1.165, 1.54) is 0 Å². The smallest absolute Gasteiger partial charge is 0.193 e. The fourth-order valence-corrected chi connectivity index (χ4v) is 1.88. The predicted molar refractivity (Wildman–Crippen MR) is 55.5 cm³/mol. The Bertz CT molecular complexity index is 451. The van der Waals surface area contributed by atoms with Gasteiger partial charge in [-0.1, -0.05) is 6.07 Å². The van der Waals surface area contributed by atoms with Crippen molar-refractivity contribution in [1.82, 2.24) is 9.97 Å². The third-order valence-electron chi connectivity index (χ3n) is 1.75. The number of hydrogen-bond acceptors (Lipinski definition) is 4. The Kier molecular flexibility index (Phi) is 2.37. The summed E-state index contributed by atoms with van der Waals surface area (Å²) in [6.45, 7) is 1.85. The summed E-state index contributed by atoms with van der Waals surface area (Å²) in [5, 5.41) is 1.98. The van der Waals surface area contributed by atoms with E-state index in [2.05, 4.69) is 9.97 Å². The summed E-state index contributed by atoms with van der Waals surface area (Å²) in [5.41, 5.74) is 1.63. The highest BCUT2D eigenvalue weighted by atomic mass is 32.1. The van der Waals surface area contributed by atoms with Crippen LogP contribution in [0.1, 0.15) is 16.3 Å². The van der Waals surface area contributed by atoms with Crippen molar-refractivity contribution in [2.75, 3.05) is 0 Å². The minimum atomic E-state index is 0.244. The molecule has 0 aliphatic carbocycles. The van der Waals surface area contributed by atoms with E-state index < -0.39 is 0 Å². The Morgan fingerprint density at radius 1 is 1.43 bits per heavy atom. The van der Waals surface area contributed by atoms with Gasteiger partial charge in [0.1, 0.15) is 0 Å². The first-order valence-corrected chi connectivity index (χ1v) is 5.02. The highest BCUT2D eigenvalue weighted by Gasteiger charge is 2.04. The van der Waals surface area contributed by atoms with Gasteiger partial charge in [-0.25, -0.2) is 9.97 Å². The van der Waals surface area contributed by atoms with Gasteiger partial charge in [0, 0.05) is 5.69 Å². The van der Waals surface area contributed by atoms with Crippen molar-refractivity contribution < 1.29 is 4.79 Å². The van der Waals surface area contributed by atoms with Crippen LogP contribution in [-0.2, 0) is 0 Å². The number of carbonyl (C=O) groups excluding carboxylic acids is 1. The van der Waals surface area contributed by atoms with Gasteiger partial charge in [-0.05, 0) is 24.4 Å². The highest BCUT2D eigenvalue weighted by Crippen LogP contribution is 2.22. The van der Waals surface area contributed by atoms with E-state index in [1.807, 2.05) is 30.5 Å². The molecule has 3 nitrogen and oxygen atoms in total. The zero-order valence-corrected chi connectivity index (χ0v) is 8.41. The molecular formula is C10H8N2OS. The van der Waals surface area contributed by atoms with Crippen LogP contribution in [0.3, 0.4) is 0 Å². The number of thiophene rings is 1. The summed E-state index contributed by atoms with van der Waals surface area (Å²) in [4.78, 5) is 19.7. The summed E-state index contributed by atoms with van der Waals surface area (Å²) in [7, 11) is 0. The quantitative estimate of drug-likeness (QED) is 0.705. The maximum Gasteiger partial charge on any atom is 0.193 e. The topological polar surface area (TPSA) is 42.9 Å². The molecule has 0 spiro atoms. The molecule has 0 saturated heterocycles. The molecule has 2 aromatic heterocycles. The molecule has 2 heterocycles. The zero-order valence-electron chi connectivity index (χ0n) is 7.60. The van der Waals surface area contributed by atoms with Gasteiger partial charge < -0.3 is 0 Å². The second-order valence-electron chi connectivity index (χ2n) is 2.85. The standard InChI is InChI=1S/C10H8N2OS/c1-7-5-8(9-3-2-4-14-9)12-10(6-13)11-7/h2-6H,1H3. The van der Waals surface area contributed by atoms with E-state index in [4.69, 9.17) is 0 Å². The molecule has 2 rings (SSSR count). The van der Waals surface area contributed by atoms with Gasteiger partial charge in [-0.2, -0.15) is 0 Å². The number of carbonyl (C=O) groups is 1. The third kappa shape index (κ3) is 1.70. The van der Waals surface area contributed by atoms with Gasteiger partial charge in [0.2, 0.25) is 0 Å². The number of aryl methyl sites for hydroxylation is 1. The van der Waals surface area contributed by atoms with Crippen LogP contribution in [0.2, 0.25) is 0 Å². The van der Waals surface area contributed by atoms with E-state index in [9.17, 15) is 4.79 Å². The van der Waals surface area contributed by atoms with Crippen molar-refractivity contribution in [3.63, 3.8) is 0 Å². The van der Waals surface area contributed by atoms with Gasteiger partial charge in [0.15, 0.2) is 12.1 Å². The molecule has 0 aliphatic rings. The molecular weight excluding hydrogens is 196 g/mol. The summed E-state index contributed by atoms with van der Waals surface area (Å²) in [6.07, 6.45) is 0.671. The summed E-state index contributed by atoms with van der Waals surface area (Å²) < 4.78 is 0. The Labute approximate surface area is 85.5 Å². The number of aromatic nitrogens is 2. The second-order valence-corrected chi connectivity index (χ2v) is 3.80. The van der Waals surface area contributed by atoms with Crippen LogP contribution in [0.15, 0.2) is 23.6 Å². The monoisotopic (exact) mass is 204 g/mol. The molecule has 2 aromatic rings. The summed E-state index contributed by atoms with van der Waals surface area (Å²) in [5.74, 6) is 0.244. The fraction of sp³-hybridized carbons (Fsp3) is 0.100. The molecule has 0 fully saturated rings. The summed E-state index contributed by atoms with van der Waals surface area (Å²) >= 11 is 1.60. The molecule has 0 bridgehead atoms. The molecule has 70 valence electrons. The average molecular weight is 204 g/mol. The number of rotatable bonds is 2.